The van der Waals surface area contributed by atoms with Crippen molar-refractivity contribution in [3.8, 4) is 0 Å². The largest absolute Gasteiger partial charge is 0.444 e. The SMILES string of the molecule is CCCCN(C(=O)C(CC(C)C)NC(=O)OC(C)(C)C)C(C(=O)Nc1ccc2ccccc2c1)c1ccc(CC)cc1. The minimum Gasteiger partial charge on any atom is -0.444 e. The number of unbranched alkanes of at least 4 members (excludes halogenated alkanes) is 1. The fourth-order valence-corrected chi connectivity index (χ4v) is 4.92. The van der Waals surface area contributed by atoms with E-state index in [-0.39, 0.29) is 17.7 Å². The standard InChI is InChI=1S/C35H47N3O4/c1-8-10-21-38(33(40)30(22-24(3)4)37-34(41)42-35(5,6)7)31(27-17-15-25(9-2)16-18-27)32(39)36-29-20-19-26-13-11-12-14-28(26)23-29/h11-20,23-24,30-31H,8-10,21-22H2,1-7H3,(H,36,39)(H,37,41). The van der Waals surface area contributed by atoms with Crippen LogP contribution in [0.3, 0.4) is 0 Å². The van der Waals surface area contributed by atoms with E-state index in [0.717, 1.165) is 34.7 Å². The van der Waals surface area contributed by atoms with Crippen molar-refractivity contribution in [2.24, 2.45) is 5.92 Å². The molecule has 3 amide bonds. The molecule has 0 saturated carbocycles. The van der Waals surface area contributed by atoms with Gasteiger partial charge in [0, 0.05) is 12.2 Å². The van der Waals surface area contributed by atoms with Gasteiger partial charge in [0.1, 0.15) is 17.7 Å². The molecule has 2 atom stereocenters. The molecule has 0 spiro atoms. The van der Waals surface area contributed by atoms with E-state index in [9.17, 15) is 14.4 Å². The molecule has 0 fully saturated rings. The normalized spacial score (nSPS) is 13.0. The zero-order valence-corrected chi connectivity index (χ0v) is 26.2. The second-order valence-corrected chi connectivity index (χ2v) is 12.3. The van der Waals surface area contributed by atoms with Crippen LogP contribution in [-0.4, -0.2) is 41.0 Å². The molecular formula is C35H47N3O4. The molecule has 2 unspecified atom stereocenters. The second-order valence-electron chi connectivity index (χ2n) is 12.3. The number of benzene rings is 3. The summed E-state index contributed by atoms with van der Waals surface area (Å²) in [4.78, 5) is 42.9. The highest BCUT2D eigenvalue weighted by molar-refractivity contribution is 6.00. The number of nitrogens with zero attached hydrogens (tertiary/aromatic N) is 1. The minimum atomic E-state index is -0.892. The van der Waals surface area contributed by atoms with Crippen molar-refractivity contribution in [1.29, 1.82) is 0 Å². The van der Waals surface area contributed by atoms with Gasteiger partial charge in [-0.1, -0.05) is 88.7 Å². The molecule has 3 aromatic rings. The summed E-state index contributed by atoms with van der Waals surface area (Å²) in [6.45, 7) is 13.8. The Morgan fingerprint density at radius 3 is 2.17 bits per heavy atom. The number of fused-ring (bicyclic) bond motifs is 1. The summed E-state index contributed by atoms with van der Waals surface area (Å²) in [5, 5.41) is 7.98. The first-order chi connectivity index (χ1) is 19.9. The van der Waals surface area contributed by atoms with Crippen LogP contribution in [0.25, 0.3) is 10.8 Å². The van der Waals surface area contributed by atoms with Gasteiger partial charge in [0.05, 0.1) is 0 Å². The summed E-state index contributed by atoms with van der Waals surface area (Å²) in [5.74, 6) is -0.489. The van der Waals surface area contributed by atoms with Crippen molar-refractivity contribution < 1.29 is 19.1 Å². The maximum absolute atomic E-state index is 14.3. The highest BCUT2D eigenvalue weighted by Gasteiger charge is 2.36. The van der Waals surface area contributed by atoms with Gasteiger partial charge in [0.15, 0.2) is 0 Å². The lowest BCUT2D eigenvalue weighted by Gasteiger charge is -2.35. The number of hydrogen-bond acceptors (Lipinski definition) is 4. The summed E-state index contributed by atoms with van der Waals surface area (Å²) >= 11 is 0. The van der Waals surface area contributed by atoms with E-state index in [1.165, 1.54) is 0 Å². The third-order valence-electron chi connectivity index (χ3n) is 7.01. The fraction of sp³-hybridized carbons (Fsp3) is 0.457. The third kappa shape index (κ3) is 9.33. The van der Waals surface area contributed by atoms with E-state index in [1.54, 1.807) is 25.7 Å². The predicted molar refractivity (Wildman–Crippen MR) is 170 cm³/mol. The smallest absolute Gasteiger partial charge is 0.408 e. The van der Waals surface area contributed by atoms with Crippen LogP contribution in [0.5, 0.6) is 0 Å². The van der Waals surface area contributed by atoms with Gasteiger partial charge in [-0.3, -0.25) is 9.59 Å². The molecule has 3 rings (SSSR count). The van der Waals surface area contributed by atoms with Gasteiger partial charge >= 0.3 is 6.09 Å². The molecule has 0 aromatic heterocycles. The third-order valence-corrected chi connectivity index (χ3v) is 7.01. The highest BCUT2D eigenvalue weighted by atomic mass is 16.6. The Morgan fingerprint density at radius 1 is 0.905 bits per heavy atom. The Balaban J connectivity index is 2.03. The van der Waals surface area contributed by atoms with Crippen LogP contribution >= 0.6 is 0 Å². The topological polar surface area (TPSA) is 87.7 Å². The average molecular weight is 574 g/mol. The Labute approximate surface area is 251 Å². The van der Waals surface area contributed by atoms with E-state index in [2.05, 4.69) is 17.6 Å². The molecule has 7 nitrogen and oxygen atoms in total. The zero-order valence-electron chi connectivity index (χ0n) is 26.2. The highest BCUT2D eigenvalue weighted by Crippen LogP contribution is 2.27. The number of hydrogen-bond donors (Lipinski definition) is 2. The number of alkyl carbamates (subject to hydrolysis) is 1. The van der Waals surface area contributed by atoms with Crippen molar-refractivity contribution in [2.75, 3.05) is 11.9 Å². The van der Waals surface area contributed by atoms with Crippen molar-refractivity contribution in [3.05, 3.63) is 77.9 Å². The van der Waals surface area contributed by atoms with Crippen LogP contribution in [0.15, 0.2) is 66.7 Å². The summed E-state index contributed by atoms with van der Waals surface area (Å²) in [7, 11) is 0. The number of anilines is 1. The summed E-state index contributed by atoms with van der Waals surface area (Å²) in [5.41, 5.74) is 1.81. The molecule has 0 aliphatic rings. The molecule has 226 valence electrons. The number of rotatable bonds is 12. The first kappa shape index (κ1) is 32.6. The van der Waals surface area contributed by atoms with Crippen molar-refractivity contribution in [1.82, 2.24) is 10.2 Å². The second kappa shape index (κ2) is 14.9. The van der Waals surface area contributed by atoms with Crippen molar-refractivity contribution >= 4 is 34.4 Å². The van der Waals surface area contributed by atoms with Crippen molar-refractivity contribution in [2.45, 2.75) is 91.8 Å². The van der Waals surface area contributed by atoms with Gasteiger partial charge in [0.25, 0.3) is 5.91 Å². The Morgan fingerprint density at radius 2 is 1.57 bits per heavy atom. The van der Waals surface area contributed by atoms with Crippen molar-refractivity contribution in [3.63, 3.8) is 0 Å². The number of nitrogens with one attached hydrogen (secondary N) is 2. The first-order valence-corrected chi connectivity index (χ1v) is 15.1. The van der Waals surface area contributed by atoms with E-state index < -0.39 is 23.8 Å². The number of aryl methyl sites for hydroxylation is 1. The molecule has 0 saturated heterocycles. The quantitative estimate of drug-likeness (QED) is 0.233. The molecule has 7 heteroatoms. The Hall–Kier alpha value is -3.87. The Kier molecular flexibility index (Phi) is 11.5. The van der Waals surface area contributed by atoms with E-state index in [1.807, 2.05) is 87.5 Å². The van der Waals surface area contributed by atoms with Gasteiger partial charge in [-0.15, -0.1) is 0 Å². The van der Waals surface area contributed by atoms with Gasteiger partial charge in [-0.05, 0) is 80.0 Å². The molecule has 3 aromatic carbocycles. The van der Waals surface area contributed by atoms with Crippen LogP contribution in [-0.2, 0) is 20.7 Å². The molecule has 0 aliphatic heterocycles. The van der Waals surface area contributed by atoms with E-state index >= 15 is 0 Å². The van der Waals surface area contributed by atoms with Gasteiger partial charge in [-0.2, -0.15) is 0 Å². The van der Waals surface area contributed by atoms with Crippen LogP contribution < -0.4 is 10.6 Å². The van der Waals surface area contributed by atoms with Crippen LogP contribution in [0, 0.1) is 5.92 Å². The van der Waals surface area contributed by atoms with Gasteiger partial charge in [-0.25, -0.2) is 4.79 Å². The molecule has 0 heterocycles. The van der Waals surface area contributed by atoms with Gasteiger partial charge < -0.3 is 20.3 Å². The summed E-state index contributed by atoms with van der Waals surface area (Å²) in [6.07, 6.45) is 2.17. The first-order valence-electron chi connectivity index (χ1n) is 15.1. The maximum Gasteiger partial charge on any atom is 0.408 e. The predicted octanol–water partition coefficient (Wildman–Crippen LogP) is 7.65. The molecule has 0 aliphatic carbocycles. The summed E-state index contributed by atoms with van der Waals surface area (Å²) < 4.78 is 5.49. The number of ether oxygens (including phenoxy) is 1. The lowest BCUT2D eigenvalue weighted by molar-refractivity contribution is -0.141. The van der Waals surface area contributed by atoms with Gasteiger partial charge in [0.2, 0.25) is 5.91 Å². The van der Waals surface area contributed by atoms with E-state index in [4.69, 9.17) is 4.74 Å². The maximum atomic E-state index is 14.3. The molecule has 2 N–H and O–H groups in total. The lowest BCUT2D eigenvalue weighted by Crippen LogP contribution is -2.53. The fourth-order valence-electron chi connectivity index (χ4n) is 4.92. The molecule has 0 bridgehead atoms. The number of amides is 3. The lowest BCUT2D eigenvalue weighted by atomic mass is 9.97. The number of carbonyl (C=O) groups excluding carboxylic acids is 3. The monoisotopic (exact) mass is 573 g/mol. The average Bonchev–Trinajstić information content (AvgIpc) is 2.93. The molecular weight excluding hydrogens is 526 g/mol. The van der Waals surface area contributed by atoms with Crippen LogP contribution in [0.1, 0.15) is 84.9 Å². The Bertz CT molecular complexity index is 1340. The number of carbonyl (C=O) groups is 3. The van der Waals surface area contributed by atoms with Crippen LogP contribution in [0.4, 0.5) is 10.5 Å². The summed E-state index contributed by atoms with van der Waals surface area (Å²) in [6, 6.07) is 19.9. The molecule has 0 radical (unpaired) electrons. The van der Waals surface area contributed by atoms with Crippen LogP contribution in [0.2, 0.25) is 0 Å². The molecule has 42 heavy (non-hydrogen) atoms. The minimum absolute atomic E-state index is 0.121. The zero-order chi connectivity index (χ0) is 30.9. The van der Waals surface area contributed by atoms with E-state index in [0.29, 0.717) is 25.1 Å².